The quantitative estimate of drug-likeness (QED) is 0.726. The van der Waals surface area contributed by atoms with Gasteiger partial charge in [0.15, 0.2) is 0 Å². The van der Waals surface area contributed by atoms with E-state index in [0.717, 1.165) is 17.5 Å². The molecule has 2 N–H and O–H groups in total. The fourth-order valence-electron chi connectivity index (χ4n) is 4.34. The molecule has 2 aromatic carbocycles. The van der Waals surface area contributed by atoms with Crippen molar-refractivity contribution in [3.8, 4) is 5.75 Å². The van der Waals surface area contributed by atoms with Crippen molar-refractivity contribution < 1.29 is 19.1 Å². The van der Waals surface area contributed by atoms with Crippen LogP contribution in [0.25, 0.3) is 0 Å². The number of ether oxygens (including phenoxy) is 1. The van der Waals surface area contributed by atoms with Gasteiger partial charge in [0.2, 0.25) is 11.8 Å². The lowest BCUT2D eigenvalue weighted by molar-refractivity contribution is -0.138. The molecule has 0 aliphatic carbocycles. The number of methoxy groups -OCH3 is 1. The van der Waals surface area contributed by atoms with Gasteiger partial charge in [-0.05, 0) is 61.7 Å². The third-order valence-corrected chi connectivity index (χ3v) is 5.95. The van der Waals surface area contributed by atoms with Crippen molar-refractivity contribution in [3.05, 3.63) is 59.7 Å². The Balaban J connectivity index is 1.53. The number of hydrogen-bond acceptors (Lipinski definition) is 5. The van der Waals surface area contributed by atoms with E-state index in [1.165, 1.54) is 9.80 Å². The van der Waals surface area contributed by atoms with E-state index in [9.17, 15) is 14.4 Å². The largest absolute Gasteiger partial charge is 0.497 e. The Morgan fingerprint density at radius 3 is 2.69 bits per heavy atom. The van der Waals surface area contributed by atoms with E-state index in [4.69, 9.17) is 4.74 Å². The summed E-state index contributed by atoms with van der Waals surface area (Å²) in [6, 6.07) is 13.5. The molecule has 2 atom stereocenters. The van der Waals surface area contributed by atoms with E-state index in [1.807, 2.05) is 43.3 Å². The van der Waals surface area contributed by atoms with E-state index in [0.29, 0.717) is 24.4 Å². The van der Waals surface area contributed by atoms with Crippen molar-refractivity contribution in [3.63, 3.8) is 0 Å². The van der Waals surface area contributed by atoms with E-state index in [1.54, 1.807) is 19.2 Å². The van der Waals surface area contributed by atoms with Crippen molar-refractivity contribution in [2.75, 3.05) is 25.5 Å². The van der Waals surface area contributed by atoms with Crippen molar-refractivity contribution in [2.24, 2.45) is 0 Å². The number of aryl methyl sites for hydroxylation is 1. The van der Waals surface area contributed by atoms with Crippen LogP contribution in [0.15, 0.2) is 48.5 Å². The molecule has 4 amide bonds. The second-order valence-corrected chi connectivity index (χ2v) is 8.24. The van der Waals surface area contributed by atoms with Gasteiger partial charge >= 0.3 is 6.03 Å². The number of carbonyl (C=O) groups excluding carboxylic acids is 3. The predicted molar refractivity (Wildman–Crippen MR) is 120 cm³/mol. The van der Waals surface area contributed by atoms with Crippen LogP contribution < -0.4 is 15.4 Å². The van der Waals surface area contributed by atoms with Gasteiger partial charge in [-0.1, -0.05) is 24.3 Å². The summed E-state index contributed by atoms with van der Waals surface area (Å²) in [5.41, 5.74) is 2.53. The highest BCUT2D eigenvalue weighted by Gasteiger charge is 2.47. The molecule has 0 spiro atoms. The van der Waals surface area contributed by atoms with Crippen LogP contribution in [0.5, 0.6) is 5.75 Å². The van der Waals surface area contributed by atoms with E-state index in [2.05, 4.69) is 10.6 Å². The summed E-state index contributed by atoms with van der Waals surface area (Å²) in [6.07, 6.45) is 1.53. The lowest BCUT2D eigenvalue weighted by Crippen LogP contribution is -2.70. The molecule has 2 fully saturated rings. The number of imide groups is 1. The van der Waals surface area contributed by atoms with Crippen LogP contribution in [-0.4, -0.2) is 59.9 Å². The SMILES string of the molecule is COc1ccc(CN2C(=O)C3NCCCC3N(CC(=O)Nc3cccc(C)c3)C2=O)cc1. The standard InChI is InChI=1S/C24H28N4O4/c1-16-5-3-6-18(13-16)26-21(29)15-27-20-7-4-12-25-22(20)23(30)28(24(27)31)14-17-8-10-19(32-2)11-9-17/h3,5-6,8-11,13,20,22,25H,4,7,12,14-15H2,1-2H3,(H,26,29). The first-order valence-corrected chi connectivity index (χ1v) is 10.8. The number of rotatable bonds is 6. The van der Waals surface area contributed by atoms with Gasteiger partial charge < -0.3 is 20.3 Å². The molecule has 2 aliphatic heterocycles. The predicted octanol–water partition coefficient (Wildman–Crippen LogP) is 2.53. The number of anilines is 1. The maximum absolute atomic E-state index is 13.4. The van der Waals surface area contributed by atoms with Gasteiger partial charge in [0.25, 0.3) is 0 Å². The van der Waals surface area contributed by atoms with Crippen LogP contribution in [0.1, 0.15) is 24.0 Å². The van der Waals surface area contributed by atoms with Crippen LogP contribution in [0.2, 0.25) is 0 Å². The summed E-state index contributed by atoms with van der Waals surface area (Å²) >= 11 is 0. The molecular weight excluding hydrogens is 408 g/mol. The third kappa shape index (κ3) is 4.60. The van der Waals surface area contributed by atoms with Gasteiger partial charge in [-0.25, -0.2) is 4.79 Å². The second kappa shape index (κ2) is 9.40. The highest BCUT2D eigenvalue weighted by Crippen LogP contribution is 2.26. The normalized spacial score (nSPS) is 20.7. The average molecular weight is 437 g/mol. The Morgan fingerprint density at radius 2 is 1.97 bits per heavy atom. The van der Waals surface area contributed by atoms with Crippen LogP contribution in [0.4, 0.5) is 10.5 Å². The summed E-state index contributed by atoms with van der Waals surface area (Å²) in [7, 11) is 1.58. The minimum atomic E-state index is -0.508. The number of benzene rings is 2. The zero-order valence-electron chi connectivity index (χ0n) is 18.3. The lowest BCUT2D eigenvalue weighted by atomic mass is 9.93. The lowest BCUT2D eigenvalue weighted by Gasteiger charge is -2.46. The van der Waals surface area contributed by atoms with E-state index in [-0.39, 0.29) is 30.9 Å². The summed E-state index contributed by atoms with van der Waals surface area (Å²) in [4.78, 5) is 42.1. The van der Waals surface area contributed by atoms with Crippen molar-refractivity contribution in [2.45, 2.75) is 38.4 Å². The molecule has 2 saturated heterocycles. The van der Waals surface area contributed by atoms with Gasteiger partial charge in [0.05, 0.1) is 19.7 Å². The van der Waals surface area contributed by atoms with Crippen LogP contribution in [0, 0.1) is 6.92 Å². The third-order valence-electron chi connectivity index (χ3n) is 5.95. The molecule has 8 heteroatoms. The van der Waals surface area contributed by atoms with Crippen molar-refractivity contribution >= 4 is 23.5 Å². The first-order valence-electron chi connectivity index (χ1n) is 10.8. The molecule has 32 heavy (non-hydrogen) atoms. The Kier molecular flexibility index (Phi) is 6.41. The minimum absolute atomic E-state index is 0.109. The van der Waals surface area contributed by atoms with Crippen molar-refractivity contribution in [1.29, 1.82) is 0 Å². The zero-order chi connectivity index (χ0) is 22.7. The van der Waals surface area contributed by atoms with Crippen LogP contribution in [-0.2, 0) is 16.1 Å². The number of carbonyl (C=O) groups is 3. The van der Waals surface area contributed by atoms with E-state index >= 15 is 0 Å². The van der Waals surface area contributed by atoms with Crippen LogP contribution in [0.3, 0.4) is 0 Å². The molecule has 2 aromatic rings. The smallest absolute Gasteiger partial charge is 0.327 e. The summed E-state index contributed by atoms with van der Waals surface area (Å²) < 4.78 is 5.18. The highest BCUT2D eigenvalue weighted by atomic mass is 16.5. The molecule has 0 aromatic heterocycles. The Labute approximate surface area is 187 Å². The Morgan fingerprint density at radius 1 is 1.19 bits per heavy atom. The summed E-state index contributed by atoms with van der Waals surface area (Å²) in [5, 5.41) is 6.11. The topological polar surface area (TPSA) is 91.0 Å². The Bertz CT molecular complexity index is 1010. The number of amides is 4. The maximum Gasteiger partial charge on any atom is 0.327 e. The monoisotopic (exact) mass is 436 g/mol. The fourth-order valence-corrected chi connectivity index (χ4v) is 4.34. The molecule has 2 heterocycles. The summed E-state index contributed by atoms with van der Waals surface area (Å²) in [5.74, 6) is 0.173. The molecule has 0 saturated carbocycles. The molecular formula is C24H28N4O4. The highest BCUT2D eigenvalue weighted by molar-refractivity contribution is 6.02. The Hall–Kier alpha value is -3.39. The number of hydrogen-bond donors (Lipinski definition) is 2. The molecule has 168 valence electrons. The average Bonchev–Trinajstić information content (AvgIpc) is 2.80. The summed E-state index contributed by atoms with van der Waals surface area (Å²) in [6.45, 7) is 2.69. The van der Waals surface area contributed by atoms with Gasteiger partial charge in [-0.15, -0.1) is 0 Å². The molecule has 4 rings (SSSR count). The van der Waals surface area contributed by atoms with Gasteiger partial charge in [0, 0.05) is 5.69 Å². The minimum Gasteiger partial charge on any atom is -0.497 e. The second-order valence-electron chi connectivity index (χ2n) is 8.24. The molecule has 2 aliphatic rings. The van der Waals surface area contributed by atoms with Gasteiger partial charge in [0.1, 0.15) is 18.3 Å². The maximum atomic E-state index is 13.4. The first kappa shape index (κ1) is 21.8. The molecule has 0 bridgehead atoms. The molecule has 2 unspecified atom stereocenters. The number of nitrogens with one attached hydrogen (secondary N) is 2. The number of fused-ring (bicyclic) bond motifs is 1. The fraction of sp³-hybridized carbons (Fsp3) is 0.375. The molecule has 0 radical (unpaired) electrons. The number of nitrogens with zero attached hydrogens (tertiary/aromatic N) is 2. The first-order chi connectivity index (χ1) is 15.5. The van der Waals surface area contributed by atoms with E-state index < -0.39 is 12.1 Å². The number of piperidine rings is 1. The zero-order valence-corrected chi connectivity index (χ0v) is 18.3. The van der Waals surface area contributed by atoms with Gasteiger partial charge in [-0.2, -0.15) is 0 Å². The molecule has 8 nitrogen and oxygen atoms in total. The van der Waals surface area contributed by atoms with Gasteiger partial charge in [-0.3, -0.25) is 14.5 Å². The number of urea groups is 1. The van der Waals surface area contributed by atoms with Crippen molar-refractivity contribution in [1.82, 2.24) is 15.1 Å². The van der Waals surface area contributed by atoms with Crippen LogP contribution >= 0.6 is 0 Å².